The van der Waals surface area contributed by atoms with E-state index in [9.17, 15) is 9.59 Å². The molecule has 1 atom stereocenters. The Morgan fingerprint density at radius 1 is 1.15 bits per heavy atom. The minimum Gasteiger partial charge on any atom is -0.497 e. The molecule has 7 heteroatoms. The van der Waals surface area contributed by atoms with Gasteiger partial charge in [-0.1, -0.05) is 17.7 Å². The fourth-order valence-electron chi connectivity index (χ4n) is 4.97. The van der Waals surface area contributed by atoms with E-state index in [-0.39, 0.29) is 18.5 Å². The standard InChI is InChI=1S/C26H39N3O4/c1-20(2)7-8-21(3)27-16-13-26(14-17-27)24(30)28(25(31)29(26)15-6-18-32-4)19-22-9-11-23(33-5)12-10-22/h9-12,21H,1,6-8,13-19H2,2-5H3. The Morgan fingerprint density at radius 2 is 1.82 bits per heavy atom. The van der Waals surface area contributed by atoms with Crippen molar-refractivity contribution < 1.29 is 19.1 Å². The van der Waals surface area contributed by atoms with Crippen molar-refractivity contribution in [3.8, 4) is 5.75 Å². The monoisotopic (exact) mass is 457 g/mol. The largest absolute Gasteiger partial charge is 0.497 e. The molecule has 2 heterocycles. The van der Waals surface area contributed by atoms with Gasteiger partial charge >= 0.3 is 6.03 Å². The van der Waals surface area contributed by atoms with Crippen LogP contribution in [0.1, 0.15) is 51.5 Å². The summed E-state index contributed by atoms with van der Waals surface area (Å²) in [5.74, 6) is 0.693. The molecule has 2 aliphatic heterocycles. The van der Waals surface area contributed by atoms with Gasteiger partial charge in [0.25, 0.3) is 5.91 Å². The molecule has 1 aromatic carbocycles. The highest BCUT2D eigenvalue weighted by Gasteiger charge is 2.57. The van der Waals surface area contributed by atoms with E-state index in [1.54, 1.807) is 14.2 Å². The van der Waals surface area contributed by atoms with Crippen molar-refractivity contribution in [1.82, 2.24) is 14.7 Å². The molecular formula is C26H39N3O4. The van der Waals surface area contributed by atoms with E-state index < -0.39 is 5.54 Å². The number of ether oxygens (including phenoxy) is 2. The van der Waals surface area contributed by atoms with Crippen molar-refractivity contribution in [3.63, 3.8) is 0 Å². The fourth-order valence-corrected chi connectivity index (χ4v) is 4.97. The molecule has 3 amide bonds. The molecule has 33 heavy (non-hydrogen) atoms. The van der Waals surface area contributed by atoms with Gasteiger partial charge < -0.3 is 19.3 Å². The Morgan fingerprint density at radius 3 is 2.39 bits per heavy atom. The molecule has 1 unspecified atom stereocenters. The minimum atomic E-state index is -0.748. The molecule has 1 aromatic rings. The smallest absolute Gasteiger partial charge is 0.327 e. The fraction of sp³-hybridized carbons (Fsp3) is 0.615. The molecule has 0 aliphatic carbocycles. The van der Waals surface area contributed by atoms with Crippen molar-refractivity contribution in [2.24, 2.45) is 0 Å². The van der Waals surface area contributed by atoms with Gasteiger partial charge in [0.15, 0.2) is 0 Å². The molecule has 182 valence electrons. The zero-order valence-electron chi connectivity index (χ0n) is 20.6. The molecule has 2 fully saturated rings. The molecule has 2 aliphatic rings. The summed E-state index contributed by atoms with van der Waals surface area (Å²) >= 11 is 0. The highest BCUT2D eigenvalue weighted by Crippen LogP contribution is 2.39. The van der Waals surface area contributed by atoms with E-state index in [2.05, 4.69) is 25.3 Å². The van der Waals surface area contributed by atoms with Crippen LogP contribution in [0.2, 0.25) is 0 Å². The average Bonchev–Trinajstić information content (AvgIpc) is 3.00. The maximum absolute atomic E-state index is 13.7. The average molecular weight is 458 g/mol. The molecule has 3 rings (SSSR count). The second-order valence-electron chi connectivity index (χ2n) is 9.43. The van der Waals surface area contributed by atoms with Crippen molar-refractivity contribution in [2.45, 2.75) is 64.1 Å². The number of carbonyl (C=O) groups is 2. The van der Waals surface area contributed by atoms with Crippen LogP contribution in [-0.2, 0) is 16.1 Å². The van der Waals surface area contributed by atoms with E-state index in [1.165, 1.54) is 10.5 Å². The third-order valence-electron chi connectivity index (χ3n) is 7.09. The lowest BCUT2D eigenvalue weighted by Gasteiger charge is -2.44. The minimum absolute atomic E-state index is 0.0602. The Labute approximate surface area is 198 Å². The number of rotatable bonds is 11. The highest BCUT2D eigenvalue weighted by molar-refractivity contribution is 6.07. The van der Waals surface area contributed by atoms with Gasteiger partial charge in [-0.05, 0) is 63.6 Å². The summed E-state index contributed by atoms with van der Waals surface area (Å²) in [6.07, 6.45) is 4.13. The summed E-state index contributed by atoms with van der Waals surface area (Å²) in [6, 6.07) is 7.78. The summed E-state index contributed by atoms with van der Waals surface area (Å²) in [5.41, 5.74) is 1.37. The lowest BCUT2D eigenvalue weighted by atomic mass is 9.85. The van der Waals surface area contributed by atoms with Crippen LogP contribution < -0.4 is 4.74 Å². The van der Waals surface area contributed by atoms with Crippen LogP contribution in [0.25, 0.3) is 0 Å². The first-order valence-electron chi connectivity index (χ1n) is 12.0. The number of nitrogens with zero attached hydrogens (tertiary/aromatic N) is 3. The lowest BCUT2D eigenvalue weighted by Crippen LogP contribution is -2.57. The van der Waals surface area contributed by atoms with E-state index in [1.807, 2.05) is 29.2 Å². The molecule has 2 saturated heterocycles. The Kier molecular flexibility index (Phi) is 8.54. The Balaban J connectivity index is 1.75. The SMILES string of the molecule is C=C(C)CCC(C)N1CCC2(CC1)C(=O)N(Cc1ccc(OC)cc1)C(=O)N2CCCOC. The topological polar surface area (TPSA) is 62.3 Å². The van der Waals surface area contributed by atoms with Crippen LogP contribution in [0.5, 0.6) is 5.75 Å². The summed E-state index contributed by atoms with van der Waals surface area (Å²) in [7, 11) is 3.28. The number of piperidine rings is 1. The second-order valence-corrected chi connectivity index (χ2v) is 9.43. The number of hydrogen-bond acceptors (Lipinski definition) is 5. The molecular weight excluding hydrogens is 418 g/mol. The van der Waals surface area contributed by atoms with Crippen molar-refractivity contribution >= 4 is 11.9 Å². The van der Waals surface area contributed by atoms with Gasteiger partial charge in [-0.3, -0.25) is 9.69 Å². The number of benzene rings is 1. The number of imide groups is 1. The van der Waals surface area contributed by atoms with Gasteiger partial charge in [0.2, 0.25) is 0 Å². The van der Waals surface area contributed by atoms with E-state index in [4.69, 9.17) is 9.47 Å². The first-order valence-corrected chi connectivity index (χ1v) is 12.0. The third kappa shape index (κ3) is 5.58. The summed E-state index contributed by atoms with van der Waals surface area (Å²) in [4.78, 5) is 32.9. The van der Waals surface area contributed by atoms with E-state index >= 15 is 0 Å². The lowest BCUT2D eigenvalue weighted by molar-refractivity contribution is -0.136. The molecule has 0 aromatic heterocycles. The van der Waals surface area contributed by atoms with Crippen molar-refractivity contribution in [3.05, 3.63) is 42.0 Å². The molecule has 0 radical (unpaired) electrons. The van der Waals surface area contributed by atoms with Crippen LogP contribution in [-0.4, -0.2) is 78.7 Å². The first kappa shape index (κ1) is 25.2. The number of urea groups is 1. The zero-order chi connectivity index (χ0) is 24.0. The summed E-state index contributed by atoms with van der Waals surface area (Å²) in [6.45, 7) is 11.3. The predicted octanol–water partition coefficient (Wildman–Crippen LogP) is 4.08. The highest BCUT2D eigenvalue weighted by atomic mass is 16.5. The second kappa shape index (κ2) is 11.2. The van der Waals surface area contributed by atoms with Crippen LogP contribution in [0.4, 0.5) is 4.79 Å². The Hall–Kier alpha value is -2.38. The number of carbonyl (C=O) groups excluding carboxylic acids is 2. The molecule has 0 N–H and O–H groups in total. The normalized spacial score (nSPS) is 19.4. The maximum Gasteiger partial charge on any atom is 0.327 e. The van der Waals surface area contributed by atoms with Crippen molar-refractivity contribution in [1.29, 1.82) is 0 Å². The summed E-state index contributed by atoms with van der Waals surface area (Å²) < 4.78 is 10.4. The number of allylic oxidation sites excluding steroid dienone is 1. The van der Waals surface area contributed by atoms with Gasteiger partial charge in [0.05, 0.1) is 13.7 Å². The van der Waals surface area contributed by atoms with Gasteiger partial charge in [0, 0.05) is 39.4 Å². The predicted molar refractivity (Wildman–Crippen MR) is 129 cm³/mol. The maximum atomic E-state index is 13.7. The van der Waals surface area contributed by atoms with Gasteiger partial charge in [-0.15, -0.1) is 6.58 Å². The quantitative estimate of drug-likeness (QED) is 0.285. The van der Waals surface area contributed by atoms with Gasteiger partial charge in [0.1, 0.15) is 11.3 Å². The number of likely N-dealkylation sites (tertiary alicyclic amines) is 1. The van der Waals surface area contributed by atoms with Gasteiger partial charge in [-0.25, -0.2) is 4.79 Å². The van der Waals surface area contributed by atoms with Gasteiger partial charge in [-0.2, -0.15) is 0 Å². The van der Waals surface area contributed by atoms with Crippen LogP contribution in [0.3, 0.4) is 0 Å². The molecule has 1 spiro atoms. The Bertz CT molecular complexity index is 830. The number of amides is 3. The molecule has 0 saturated carbocycles. The zero-order valence-corrected chi connectivity index (χ0v) is 20.6. The van der Waals surface area contributed by atoms with Crippen LogP contribution in [0.15, 0.2) is 36.4 Å². The summed E-state index contributed by atoms with van der Waals surface area (Å²) in [5, 5.41) is 0. The van der Waals surface area contributed by atoms with Crippen LogP contribution >= 0.6 is 0 Å². The molecule has 0 bridgehead atoms. The third-order valence-corrected chi connectivity index (χ3v) is 7.09. The van der Waals surface area contributed by atoms with E-state index in [0.717, 1.165) is 37.2 Å². The molecule has 7 nitrogen and oxygen atoms in total. The van der Waals surface area contributed by atoms with Crippen molar-refractivity contribution in [2.75, 3.05) is 40.5 Å². The van der Waals surface area contributed by atoms with E-state index in [0.29, 0.717) is 38.5 Å². The first-order chi connectivity index (χ1) is 15.8. The van der Waals surface area contributed by atoms with Crippen LogP contribution in [0, 0.1) is 0 Å². The number of hydrogen-bond donors (Lipinski definition) is 0. The number of methoxy groups -OCH3 is 2.